The first-order valence-corrected chi connectivity index (χ1v) is 50.6. The summed E-state index contributed by atoms with van der Waals surface area (Å²) in [5, 5.41) is 17.9. The molecule has 4 aromatic heterocycles. The van der Waals surface area contributed by atoms with Crippen molar-refractivity contribution in [2.45, 2.75) is 0 Å². The highest BCUT2D eigenvalue weighted by atomic mass is 32.1. The van der Waals surface area contributed by atoms with E-state index in [9.17, 15) is 0 Å². The molecule has 0 amide bonds. The number of benzene rings is 24. The predicted molar refractivity (Wildman–Crippen MR) is 613 cm³/mol. The highest BCUT2D eigenvalue weighted by Crippen LogP contribution is 2.53. The van der Waals surface area contributed by atoms with Crippen molar-refractivity contribution in [2.75, 3.05) is 29.4 Å². The van der Waals surface area contributed by atoms with Gasteiger partial charge in [0.1, 0.15) is 34.0 Å². The van der Waals surface area contributed by atoms with Crippen LogP contribution in [0.5, 0.6) is 0 Å². The molecule has 24 aromatic carbocycles. The molecular formula is C134H86F2N6O2S2. The SMILES string of the molecule is Fc1ccccc1N(c1ccccc1)c1ccc2sc3cc(N(c4ccc5ccccc5c4)c4ccc5c(c4)oc4ccc(N(c6ccccc6F)c6ccc7ccc8cccc9ccc6c7c89)cc45)ccc3c2c1.c1ccc(-c2ccc(N(c3cccc(-c4ccccc4)c3)c3ccc4sc5cc(N(c6ccccc6)c6ccc7c(c6)oc6ccc(N(c8ccccc8)c8ccccc8)cc67)ccc5c4c3)cc2)cc1. The first kappa shape index (κ1) is 86.4. The number of hydrogen-bond donors (Lipinski definition) is 0. The first-order valence-electron chi connectivity index (χ1n) is 49.0. The van der Waals surface area contributed by atoms with Crippen LogP contribution in [0.2, 0.25) is 0 Å². The first-order chi connectivity index (χ1) is 72.2. The van der Waals surface area contributed by atoms with Crippen molar-refractivity contribution >= 4 is 252 Å². The molecule has 0 bridgehead atoms. The zero-order chi connectivity index (χ0) is 96.8. The van der Waals surface area contributed by atoms with Crippen LogP contribution < -0.4 is 29.4 Å². The number of fused-ring (bicyclic) bond motifs is 13. The Morgan fingerprint density at radius 1 is 0.151 bits per heavy atom. The minimum atomic E-state index is -0.313. The van der Waals surface area contributed by atoms with Crippen molar-refractivity contribution in [1.82, 2.24) is 0 Å². The van der Waals surface area contributed by atoms with Gasteiger partial charge in [0.05, 0.1) is 17.1 Å². The van der Waals surface area contributed by atoms with E-state index in [1.165, 1.54) is 70.7 Å². The maximum atomic E-state index is 16.2. The number of para-hydroxylation sites is 6. The van der Waals surface area contributed by atoms with Crippen molar-refractivity contribution in [2.24, 2.45) is 0 Å². The number of thiophene rings is 2. The Labute approximate surface area is 848 Å². The molecule has 0 spiro atoms. The molecule has 0 aliphatic heterocycles. The molecule has 4 heterocycles. The van der Waals surface area contributed by atoms with Crippen LogP contribution in [0.3, 0.4) is 0 Å². The van der Waals surface area contributed by atoms with Crippen molar-refractivity contribution in [1.29, 1.82) is 0 Å². The Morgan fingerprint density at radius 2 is 0.466 bits per heavy atom. The summed E-state index contributed by atoms with van der Waals surface area (Å²) in [6.45, 7) is 0. The van der Waals surface area contributed by atoms with Gasteiger partial charge in [-0.3, -0.25) is 0 Å². The van der Waals surface area contributed by atoms with E-state index < -0.39 is 0 Å². The van der Waals surface area contributed by atoms with Crippen LogP contribution in [0.25, 0.3) is 150 Å². The van der Waals surface area contributed by atoms with E-state index in [4.69, 9.17) is 8.83 Å². The summed E-state index contributed by atoms with van der Waals surface area (Å²) in [5.41, 5.74) is 25.0. The van der Waals surface area contributed by atoms with Crippen molar-refractivity contribution in [3.05, 3.63) is 533 Å². The van der Waals surface area contributed by atoms with Crippen LogP contribution in [0.1, 0.15) is 0 Å². The summed E-state index contributed by atoms with van der Waals surface area (Å²) in [6.07, 6.45) is 0. The minimum Gasteiger partial charge on any atom is -0.456 e. The lowest BCUT2D eigenvalue weighted by atomic mass is 9.93. The molecule has 0 aliphatic rings. The van der Waals surface area contributed by atoms with Gasteiger partial charge in [-0.2, -0.15) is 0 Å². The van der Waals surface area contributed by atoms with Crippen molar-refractivity contribution < 1.29 is 17.6 Å². The average Bonchev–Trinajstić information content (AvgIpc) is 0.922. The number of nitrogens with zero attached hydrogens (tertiary/aromatic N) is 6. The monoisotopic (exact) mass is 1910 g/mol. The molecule has 0 aliphatic carbocycles. The van der Waals surface area contributed by atoms with Crippen LogP contribution >= 0.6 is 22.7 Å². The molecule has 28 rings (SSSR count). The van der Waals surface area contributed by atoms with Gasteiger partial charge in [-0.1, -0.05) is 273 Å². The normalized spacial score (nSPS) is 11.6. The second-order valence-electron chi connectivity index (χ2n) is 36.9. The molecule has 8 nitrogen and oxygen atoms in total. The van der Waals surface area contributed by atoms with Crippen LogP contribution in [-0.2, 0) is 0 Å². The molecule has 0 radical (unpaired) electrons. The minimum absolute atomic E-state index is 0.289. The van der Waals surface area contributed by atoms with Gasteiger partial charge in [0, 0.05) is 165 Å². The number of anilines is 18. The number of halogens is 2. The van der Waals surface area contributed by atoms with Crippen molar-refractivity contribution in [3.8, 4) is 22.3 Å². The average molecular weight is 1910 g/mol. The van der Waals surface area contributed by atoms with E-state index in [0.29, 0.717) is 11.4 Å². The third kappa shape index (κ3) is 15.6. The zero-order valence-electron chi connectivity index (χ0n) is 78.7. The fraction of sp³-hybridized carbons (Fsp3) is 0. The summed E-state index contributed by atoms with van der Waals surface area (Å²) >= 11 is 3.58. The second-order valence-corrected chi connectivity index (χ2v) is 39.1. The fourth-order valence-electron chi connectivity index (χ4n) is 21.4. The third-order valence-corrected chi connectivity index (χ3v) is 30.5. The standard InChI is InChI=1S/C68H41F2N3OS.C66H45N3OS/c69-58-17-6-8-19-61(58)72(47-15-2-1-3-16-47)49-30-36-65-57(39-49)54-33-28-52(41-66(54)75-65)71(48-26-23-42-11-4-5-12-46(42)37-48)51-27-32-53-56-38-50(29-35-63(56)74-64(53)40-51)73(62-20-9-7-18-59(62)70)60-34-25-45-22-21-43-13-10-14-44-24-31-55(60)68(45)67(43)44;1-6-17-46(18-7-1)48-29-31-53(32-30-48)69(54-28-16-21-49(41-54)47-19-8-2-9-20-47)56-36-40-65-62(43-56)60-38-34-58(45-66(60)71-65)68(52-26-14-5-15-27-52)57-33-37-59-61-42-55(35-39-63(61)70-64(59)44-57)67(50-22-10-3-11-23-50)51-24-12-4-13-25-51/h1-41H;1-45H. The Bertz CT molecular complexity index is 9800. The Kier molecular flexibility index (Phi) is 21.6. The zero-order valence-corrected chi connectivity index (χ0v) is 80.4. The summed E-state index contributed by atoms with van der Waals surface area (Å²) in [4.78, 5) is 13.3. The maximum Gasteiger partial charge on any atom is 0.147 e. The van der Waals surface area contributed by atoms with Gasteiger partial charge in [-0.05, 0) is 297 Å². The van der Waals surface area contributed by atoms with Gasteiger partial charge in [-0.15, -0.1) is 22.7 Å². The molecule has 146 heavy (non-hydrogen) atoms. The topological polar surface area (TPSA) is 45.7 Å². The lowest BCUT2D eigenvalue weighted by Crippen LogP contribution is -2.12. The van der Waals surface area contributed by atoms with Gasteiger partial charge in [-0.25, -0.2) is 8.78 Å². The molecule has 0 fully saturated rings. The predicted octanol–water partition coefficient (Wildman–Crippen LogP) is 40.4. The van der Waals surface area contributed by atoms with Gasteiger partial charge in [0.15, 0.2) is 0 Å². The van der Waals surface area contributed by atoms with Gasteiger partial charge in [0.25, 0.3) is 0 Å². The number of hydrogen-bond acceptors (Lipinski definition) is 10. The molecule has 28 aromatic rings. The molecule has 0 unspecified atom stereocenters. The smallest absolute Gasteiger partial charge is 0.147 e. The molecule has 690 valence electrons. The van der Waals surface area contributed by atoms with E-state index in [1.807, 2.05) is 87.9 Å². The summed E-state index contributed by atoms with van der Waals surface area (Å²) in [5.74, 6) is -0.602. The van der Waals surface area contributed by atoms with Gasteiger partial charge in [0.2, 0.25) is 0 Å². The second kappa shape index (κ2) is 36.4. The number of rotatable bonds is 20. The van der Waals surface area contributed by atoms with E-state index >= 15 is 8.78 Å². The molecule has 12 heteroatoms. The highest BCUT2D eigenvalue weighted by molar-refractivity contribution is 7.26. The molecule has 0 saturated carbocycles. The third-order valence-electron chi connectivity index (χ3n) is 28.2. The Morgan fingerprint density at radius 3 is 1.00 bits per heavy atom. The van der Waals surface area contributed by atoms with Gasteiger partial charge >= 0.3 is 0 Å². The summed E-state index contributed by atoms with van der Waals surface area (Å²) in [6, 6.07) is 182. The largest absolute Gasteiger partial charge is 0.456 e. The van der Waals surface area contributed by atoms with Crippen LogP contribution in [0, 0.1) is 11.6 Å². The lowest BCUT2D eigenvalue weighted by Gasteiger charge is -2.28. The van der Waals surface area contributed by atoms with Gasteiger partial charge < -0.3 is 38.2 Å². The summed E-state index contributed by atoms with van der Waals surface area (Å²) in [7, 11) is 0. The van der Waals surface area contributed by atoms with E-state index in [-0.39, 0.29) is 11.6 Å². The maximum absolute atomic E-state index is 16.2. The Hall–Kier alpha value is -18.7. The fourth-order valence-corrected chi connectivity index (χ4v) is 23.7. The van der Waals surface area contributed by atoms with Crippen LogP contribution in [0.15, 0.2) is 531 Å². The van der Waals surface area contributed by atoms with E-state index in [0.717, 1.165) is 182 Å². The van der Waals surface area contributed by atoms with E-state index in [1.54, 1.807) is 23.5 Å². The molecular weight excluding hydrogens is 1830 g/mol. The molecule has 0 N–H and O–H groups in total. The lowest BCUT2D eigenvalue weighted by molar-refractivity contribution is 0.628. The van der Waals surface area contributed by atoms with Crippen LogP contribution in [0.4, 0.5) is 111 Å². The highest BCUT2D eigenvalue weighted by Gasteiger charge is 2.28. The summed E-state index contributed by atoms with van der Waals surface area (Å²) < 4.78 is 50.0. The Balaban J connectivity index is 0.000000145. The van der Waals surface area contributed by atoms with E-state index in [2.05, 4.69) is 450 Å². The molecule has 0 saturated heterocycles. The van der Waals surface area contributed by atoms with Crippen LogP contribution in [-0.4, -0.2) is 0 Å². The number of furan rings is 2. The quantitative estimate of drug-likeness (QED) is 0.0700. The van der Waals surface area contributed by atoms with Crippen molar-refractivity contribution in [3.63, 3.8) is 0 Å². The molecule has 0 atom stereocenters.